The van der Waals surface area contributed by atoms with E-state index in [2.05, 4.69) is 20.2 Å². The summed E-state index contributed by atoms with van der Waals surface area (Å²) in [6.07, 6.45) is 3.15. The minimum atomic E-state index is -0.157. The van der Waals surface area contributed by atoms with E-state index in [1.807, 2.05) is 18.2 Å². The number of nitrogens with one attached hydrogen (secondary N) is 1. The molecule has 128 valence electrons. The molecule has 2 aromatic heterocycles. The molecule has 7 nitrogen and oxygen atoms in total. The zero-order valence-electron chi connectivity index (χ0n) is 13.6. The Hall–Kier alpha value is -2.93. The molecule has 0 unspecified atom stereocenters. The highest BCUT2D eigenvalue weighted by molar-refractivity contribution is 6.00. The molecule has 0 saturated carbocycles. The van der Waals surface area contributed by atoms with E-state index < -0.39 is 0 Å². The van der Waals surface area contributed by atoms with Crippen molar-refractivity contribution in [2.45, 2.75) is 6.54 Å². The summed E-state index contributed by atoms with van der Waals surface area (Å²) in [6, 6.07) is 9.09. The van der Waals surface area contributed by atoms with Crippen molar-refractivity contribution in [2.24, 2.45) is 0 Å². The molecular formula is C18H18N4O3. The molecule has 0 radical (unpaired) electrons. The standard InChI is InChI=1S/C18H18N4O3/c23-18(19-11-14-2-1-7-25-14)13-3-4-16-15(10-13)17(21-12-20-16)22-5-8-24-9-6-22/h1-4,7,10,12H,5-6,8-9,11H2,(H,19,23). The third-order valence-electron chi connectivity index (χ3n) is 4.19. The number of benzene rings is 1. The number of hydrogen-bond acceptors (Lipinski definition) is 6. The number of amides is 1. The van der Waals surface area contributed by atoms with Gasteiger partial charge in [-0.15, -0.1) is 0 Å². The minimum Gasteiger partial charge on any atom is -0.467 e. The van der Waals surface area contributed by atoms with Gasteiger partial charge in [0.15, 0.2) is 0 Å². The van der Waals surface area contributed by atoms with E-state index in [-0.39, 0.29) is 5.91 Å². The van der Waals surface area contributed by atoms with Crippen LogP contribution in [0.1, 0.15) is 16.1 Å². The quantitative estimate of drug-likeness (QED) is 0.784. The number of anilines is 1. The van der Waals surface area contributed by atoms with E-state index in [4.69, 9.17) is 9.15 Å². The van der Waals surface area contributed by atoms with Gasteiger partial charge in [0.05, 0.1) is 31.5 Å². The summed E-state index contributed by atoms with van der Waals surface area (Å²) in [4.78, 5) is 23.3. The molecule has 1 aliphatic heterocycles. The van der Waals surface area contributed by atoms with Gasteiger partial charge in [0.2, 0.25) is 0 Å². The summed E-state index contributed by atoms with van der Waals surface area (Å²) < 4.78 is 10.6. The molecule has 3 heterocycles. The number of aromatic nitrogens is 2. The molecule has 1 aliphatic rings. The third-order valence-corrected chi connectivity index (χ3v) is 4.19. The topological polar surface area (TPSA) is 80.5 Å². The van der Waals surface area contributed by atoms with Gasteiger partial charge in [-0.3, -0.25) is 4.79 Å². The van der Waals surface area contributed by atoms with Gasteiger partial charge < -0.3 is 19.4 Å². The maximum absolute atomic E-state index is 12.4. The van der Waals surface area contributed by atoms with Gasteiger partial charge in [0.25, 0.3) is 5.91 Å². The lowest BCUT2D eigenvalue weighted by atomic mass is 10.1. The Labute approximate surface area is 144 Å². The Morgan fingerprint density at radius 3 is 2.88 bits per heavy atom. The van der Waals surface area contributed by atoms with Crippen molar-refractivity contribution < 1.29 is 13.9 Å². The number of rotatable bonds is 4. The fourth-order valence-electron chi connectivity index (χ4n) is 2.89. The maximum atomic E-state index is 12.4. The second-order valence-electron chi connectivity index (χ2n) is 5.79. The van der Waals surface area contributed by atoms with E-state index in [0.29, 0.717) is 31.1 Å². The number of morpholine rings is 1. The van der Waals surface area contributed by atoms with Crippen molar-refractivity contribution in [3.8, 4) is 0 Å². The molecule has 0 spiro atoms. The van der Waals surface area contributed by atoms with Crippen molar-refractivity contribution in [1.29, 1.82) is 0 Å². The molecule has 0 bridgehead atoms. The lowest BCUT2D eigenvalue weighted by molar-refractivity contribution is 0.0948. The van der Waals surface area contributed by atoms with Crippen molar-refractivity contribution in [3.05, 3.63) is 54.2 Å². The van der Waals surface area contributed by atoms with Crippen LogP contribution in [0.2, 0.25) is 0 Å². The maximum Gasteiger partial charge on any atom is 0.251 e. The summed E-state index contributed by atoms with van der Waals surface area (Å²) in [6.45, 7) is 3.26. The highest BCUT2D eigenvalue weighted by Gasteiger charge is 2.17. The summed E-state index contributed by atoms with van der Waals surface area (Å²) in [5.74, 6) is 1.40. The SMILES string of the molecule is O=C(NCc1ccco1)c1ccc2ncnc(N3CCOCC3)c2c1. The van der Waals surface area contributed by atoms with Gasteiger partial charge in [-0.05, 0) is 30.3 Å². The Kier molecular flexibility index (Phi) is 4.30. The molecule has 1 saturated heterocycles. The van der Waals surface area contributed by atoms with Gasteiger partial charge in [0, 0.05) is 24.0 Å². The lowest BCUT2D eigenvalue weighted by Crippen LogP contribution is -2.36. The first kappa shape index (κ1) is 15.6. The van der Waals surface area contributed by atoms with Crippen LogP contribution < -0.4 is 10.2 Å². The predicted molar refractivity (Wildman–Crippen MR) is 92.4 cm³/mol. The van der Waals surface area contributed by atoms with Crippen molar-refractivity contribution in [1.82, 2.24) is 15.3 Å². The monoisotopic (exact) mass is 338 g/mol. The summed E-state index contributed by atoms with van der Waals surface area (Å²) in [5, 5.41) is 3.73. The Morgan fingerprint density at radius 1 is 1.20 bits per heavy atom. The van der Waals surface area contributed by atoms with E-state index in [1.165, 1.54) is 0 Å². The van der Waals surface area contributed by atoms with Crippen LogP contribution in [0.5, 0.6) is 0 Å². The fraction of sp³-hybridized carbons (Fsp3) is 0.278. The smallest absolute Gasteiger partial charge is 0.251 e. The average molecular weight is 338 g/mol. The Balaban J connectivity index is 1.60. The molecule has 1 aromatic carbocycles. The molecule has 1 N–H and O–H groups in total. The van der Waals surface area contributed by atoms with Crippen molar-refractivity contribution in [2.75, 3.05) is 31.2 Å². The molecular weight excluding hydrogens is 320 g/mol. The number of hydrogen-bond donors (Lipinski definition) is 1. The number of carbonyl (C=O) groups is 1. The zero-order chi connectivity index (χ0) is 17.1. The van der Waals surface area contributed by atoms with Crippen LogP contribution in [0, 0.1) is 0 Å². The summed E-state index contributed by atoms with van der Waals surface area (Å²) in [5.41, 5.74) is 1.39. The van der Waals surface area contributed by atoms with E-state index in [1.54, 1.807) is 24.7 Å². The second-order valence-corrected chi connectivity index (χ2v) is 5.79. The normalized spacial score (nSPS) is 14.6. The first-order chi connectivity index (χ1) is 12.3. The highest BCUT2D eigenvalue weighted by Crippen LogP contribution is 2.24. The summed E-state index contributed by atoms with van der Waals surface area (Å²) in [7, 11) is 0. The number of furan rings is 1. The van der Waals surface area contributed by atoms with Crippen LogP contribution in [0.3, 0.4) is 0 Å². The lowest BCUT2D eigenvalue weighted by Gasteiger charge is -2.28. The second kappa shape index (κ2) is 6.90. The van der Waals surface area contributed by atoms with E-state index in [9.17, 15) is 4.79 Å². The van der Waals surface area contributed by atoms with Crippen LogP contribution in [-0.2, 0) is 11.3 Å². The Morgan fingerprint density at radius 2 is 2.08 bits per heavy atom. The number of fused-ring (bicyclic) bond motifs is 1. The number of carbonyl (C=O) groups excluding carboxylic acids is 1. The Bertz CT molecular complexity index is 873. The summed E-state index contributed by atoms with van der Waals surface area (Å²) >= 11 is 0. The van der Waals surface area contributed by atoms with E-state index >= 15 is 0 Å². The third kappa shape index (κ3) is 3.32. The number of ether oxygens (including phenoxy) is 1. The van der Waals surface area contributed by atoms with Crippen LogP contribution in [0.25, 0.3) is 10.9 Å². The van der Waals surface area contributed by atoms with Crippen LogP contribution in [0.15, 0.2) is 47.3 Å². The largest absolute Gasteiger partial charge is 0.467 e. The molecule has 0 aliphatic carbocycles. The first-order valence-corrected chi connectivity index (χ1v) is 8.19. The molecule has 3 aromatic rings. The molecule has 4 rings (SSSR count). The predicted octanol–water partition coefficient (Wildman–Crippen LogP) is 1.99. The van der Waals surface area contributed by atoms with Gasteiger partial charge in [-0.25, -0.2) is 9.97 Å². The van der Waals surface area contributed by atoms with Gasteiger partial charge in [-0.1, -0.05) is 0 Å². The molecule has 1 amide bonds. The van der Waals surface area contributed by atoms with Crippen LogP contribution in [-0.4, -0.2) is 42.2 Å². The molecule has 25 heavy (non-hydrogen) atoms. The fourth-order valence-corrected chi connectivity index (χ4v) is 2.89. The van der Waals surface area contributed by atoms with Gasteiger partial charge in [-0.2, -0.15) is 0 Å². The van der Waals surface area contributed by atoms with Crippen LogP contribution >= 0.6 is 0 Å². The number of nitrogens with zero attached hydrogens (tertiary/aromatic N) is 3. The van der Waals surface area contributed by atoms with Crippen molar-refractivity contribution in [3.63, 3.8) is 0 Å². The van der Waals surface area contributed by atoms with Gasteiger partial charge in [0.1, 0.15) is 17.9 Å². The van der Waals surface area contributed by atoms with E-state index in [0.717, 1.165) is 29.8 Å². The zero-order valence-corrected chi connectivity index (χ0v) is 13.6. The average Bonchev–Trinajstić information content (AvgIpc) is 3.19. The first-order valence-electron chi connectivity index (χ1n) is 8.19. The molecule has 1 fully saturated rings. The highest BCUT2D eigenvalue weighted by atomic mass is 16.5. The molecule has 0 atom stereocenters. The van der Waals surface area contributed by atoms with Crippen LogP contribution in [0.4, 0.5) is 5.82 Å². The molecule has 7 heteroatoms. The van der Waals surface area contributed by atoms with Crippen molar-refractivity contribution >= 4 is 22.6 Å². The van der Waals surface area contributed by atoms with Gasteiger partial charge >= 0.3 is 0 Å². The minimum absolute atomic E-state index is 0.157.